The van der Waals surface area contributed by atoms with Gasteiger partial charge in [0, 0.05) is 17.3 Å². The van der Waals surface area contributed by atoms with Crippen molar-refractivity contribution in [3.05, 3.63) is 29.6 Å². The van der Waals surface area contributed by atoms with Crippen LogP contribution >= 0.6 is 0 Å². The molecule has 0 heterocycles. The van der Waals surface area contributed by atoms with E-state index in [1.165, 1.54) is 12.1 Å². The van der Waals surface area contributed by atoms with Crippen molar-refractivity contribution in [1.29, 1.82) is 5.41 Å². The van der Waals surface area contributed by atoms with Gasteiger partial charge < -0.3 is 10.1 Å². The van der Waals surface area contributed by atoms with Gasteiger partial charge in [0.15, 0.2) is 0 Å². The molecule has 2 nitrogen and oxygen atoms in total. The van der Waals surface area contributed by atoms with Gasteiger partial charge in [0.05, 0.1) is 6.61 Å². The fraction of sp³-hybridized carbons (Fsp3) is 0.364. The van der Waals surface area contributed by atoms with Crippen molar-refractivity contribution in [2.24, 2.45) is 0 Å². The second-order valence-electron chi connectivity index (χ2n) is 3.11. The molecule has 0 saturated heterocycles. The first-order valence-electron chi connectivity index (χ1n) is 4.63. The van der Waals surface area contributed by atoms with Crippen LogP contribution < -0.4 is 4.74 Å². The first-order valence-corrected chi connectivity index (χ1v) is 4.63. The van der Waals surface area contributed by atoms with Crippen molar-refractivity contribution in [2.75, 3.05) is 6.61 Å². The standard InChI is InChI=1S/C11H14FNO/c1-3-6-14-11-7-9(12)4-5-10(11)8(2)13/h4-5,7,13H,3,6H2,1-2H3. The molecule has 0 spiro atoms. The molecule has 1 rings (SSSR count). The Bertz CT molecular complexity index is 336. The van der Waals surface area contributed by atoms with Crippen molar-refractivity contribution >= 4 is 5.71 Å². The molecule has 0 saturated carbocycles. The van der Waals surface area contributed by atoms with Crippen molar-refractivity contribution in [1.82, 2.24) is 0 Å². The maximum absolute atomic E-state index is 12.9. The summed E-state index contributed by atoms with van der Waals surface area (Å²) >= 11 is 0. The molecule has 0 atom stereocenters. The third-order valence-corrected chi connectivity index (χ3v) is 1.81. The molecule has 0 unspecified atom stereocenters. The van der Waals surface area contributed by atoms with E-state index in [0.717, 1.165) is 6.42 Å². The lowest BCUT2D eigenvalue weighted by Crippen LogP contribution is -2.02. The molecule has 0 bridgehead atoms. The minimum atomic E-state index is -0.332. The van der Waals surface area contributed by atoms with Gasteiger partial charge >= 0.3 is 0 Å². The summed E-state index contributed by atoms with van der Waals surface area (Å²) in [5.41, 5.74) is 1.04. The Labute approximate surface area is 83.2 Å². The molecule has 0 radical (unpaired) electrons. The SMILES string of the molecule is CCCOc1cc(F)ccc1C(C)=N. The molecule has 0 aromatic heterocycles. The lowest BCUT2D eigenvalue weighted by atomic mass is 10.1. The number of halogens is 1. The molecule has 0 aliphatic rings. The van der Waals surface area contributed by atoms with Gasteiger partial charge in [-0.2, -0.15) is 0 Å². The fourth-order valence-electron chi connectivity index (χ4n) is 1.14. The largest absolute Gasteiger partial charge is 0.493 e. The third kappa shape index (κ3) is 2.55. The number of ether oxygens (including phenoxy) is 1. The maximum atomic E-state index is 12.9. The molecule has 1 aromatic carbocycles. The van der Waals surface area contributed by atoms with Gasteiger partial charge in [0.1, 0.15) is 11.6 Å². The highest BCUT2D eigenvalue weighted by Gasteiger charge is 2.06. The van der Waals surface area contributed by atoms with Crippen molar-refractivity contribution in [3.63, 3.8) is 0 Å². The molecule has 1 aromatic rings. The Morgan fingerprint density at radius 1 is 1.50 bits per heavy atom. The number of benzene rings is 1. The number of rotatable bonds is 4. The van der Waals surface area contributed by atoms with Crippen molar-refractivity contribution in [3.8, 4) is 5.75 Å². The normalized spacial score (nSPS) is 9.93. The fourth-order valence-corrected chi connectivity index (χ4v) is 1.14. The highest BCUT2D eigenvalue weighted by Crippen LogP contribution is 2.20. The van der Waals surface area contributed by atoms with Gasteiger partial charge in [-0.05, 0) is 25.5 Å². The molecule has 0 amide bonds. The second kappa shape index (κ2) is 4.74. The van der Waals surface area contributed by atoms with E-state index in [-0.39, 0.29) is 5.82 Å². The van der Waals surface area contributed by atoms with Crippen LogP contribution in [0.2, 0.25) is 0 Å². The summed E-state index contributed by atoms with van der Waals surface area (Å²) in [5, 5.41) is 7.48. The van der Waals surface area contributed by atoms with Gasteiger partial charge in [-0.25, -0.2) is 4.39 Å². The molecule has 76 valence electrons. The minimum Gasteiger partial charge on any atom is -0.493 e. The molecule has 0 aliphatic heterocycles. The topological polar surface area (TPSA) is 33.1 Å². The van der Waals surface area contributed by atoms with Crippen molar-refractivity contribution < 1.29 is 9.13 Å². The van der Waals surface area contributed by atoms with Crippen LogP contribution in [0.1, 0.15) is 25.8 Å². The zero-order valence-electron chi connectivity index (χ0n) is 8.43. The Kier molecular flexibility index (Phi) is 3.63. The summed E-state index contributed by atoms with van der Waals surface area (Å²) in [7, 11) is 0. The predicted octanol–water partition coefficient (Wildman–Crippen LogP) is 3.00. The predicted molar refractivity (Wildman–Crippen MR) is 54.7 cm³/mol. The van der Waals surface area contributed by atoms with E-state index in [1.807, 2.05) is 6.92 Å². The summed E-state index contributed by atoms with van der Waals surface area (Å²) in [6.07, 6.45) is 0.868. The summed E-state index contributed by atoms with van der Waals surface area (Å²) in [6.45, 7) is 4.19. The average Bonchev–Trinajstić information content (AvgIpc) is 2.14. The van der Waals surface area contributed by atoms with Crippen LogP contribution in [0, 0.1) is 11.2 Å². The summed E-state index contributed by atoms with van der Waals surface area (Å²) in [6, 6.07) is 4.23. The van der Waals surface area contributed by atoms with E-state index in [0.29, 0.717) is 23.6 Å². The third-order valence-electron chi connectivity index (χ3n) is 1.81. The smallest absolute Gasteiger partial charge is 0.131 e. The van der Waals surface area contributed by atoms with Gasteiger partial charge in [0.2, 0.25) is 0 Å². The average molecular weight is 195 g/mol. The van der Waals surface area contributed by atoms with Crippen LogP contribution in [-0.2, 0) is 0 Å². The molecule has 1 N–H and O–H groups in total. The number of nitrogens with one attached hydrogen (secondary N) is 1. The minimum absolute atomic E-state index is 0.332. The highest BCUT2D eigenvalue weighted by molar-refractivity contribution is 5.98. The molecular weight excluding hydrogens is 181 g/mol. The monoisotopic (exact) mass is 195 g/mol. The first-order chi connectivity index (χ1) is 6.65. The van der Waals surface area contributed by atoms with Crippen LogP contribution in [0.5, 0.6) is 5.75 Å². The lowest BCUT2D eigenvalue weighted by Gasteiger charge is -2.09. The zero-order valence-corrected chi connectivity index (χ0v) is 8.43. The maximum Gasteiger partial charge on any atom is 0.131 e. The van der Waals surface area contributed by atoms with Gasteiger partial charge in [-0.3, -0.25) is 0 Å². The molecule has 0 fully saturated rings. The van der Waals surface area contributed by atoms with E-state index >= 15 is 0 Å². The van der Waals surface area contributed by atoms with Gasteiger partial charge in [0.25, 0.3) is 0 Å². The van der Waals surface area contributed by atoms with Gasteiger partial charge in [-0.15, -0.1) is 0 Å². The Morgan fingerprint density at radius 2 is 2.21 bits per heavy atom. The van der Waals surface area contributed by atoms with Crippen LogP contribution in [-0.4, -0.2) is 12.3 Å². The Hall–Kier alpha value is -1.38. The van der Waals surface area contributed by atoms with Gasteiger partial charge in [-0.1, -0.05) is 6.92 Å². The summed E-state index contributed by atoms with van der Waals surface area (Å²) in [5.74, 6) is 0.125. The summed E-state index contributed by atoms with van der Waals surface area (Å²) in [4.78, 5) is 0. The molecular formula is C11H14FNO. The zero-order chi connectivity index (χ0) is 10.6. The Balaban J connectivity index is 2.97. The van der Waals surface area contributed by atoms with E-state index in [2.05, 4.69) is 0 Å². The van der Waals surface area contributed by atoms with Crippen LogP contribution in [0.3, 0.4) is 0 Å². The number of hydrogen-bond acceptors (Lipinski definition) is 2. The quantitative estimate of drug-likeness (QED) is 0.736. The van der Waals surface area contributed by atoms with E-state index in [4.69, 9.17) is 10.1 Å². The molecule has 0 aliphatic carbocycles. The summed E-state index contributed by atoms with van der Waals surface area (Å²) < 4.78 is 18.2. The number of hydrogen-bond donors (Lipinski definition) is 1. The molecule has 3 heteroatoms. The first kappa shape index (κ1) is 10.7. The second-order valence-corrected chi connectivity index (χ2v) is 3.11. The van der Waals surface area contributed by atoms with Crippen LogP contribution in [0.4, 0.5) is 4.39 Å². The van der Waals surface area contributed by atoms with Crippen molar-refractivity contribution in [2.45, 2.75) is 20.3 Å². The van der Waals surface area contributed by atoms with E-state index in [1.54, 1.807) is 13.0 Å². The highest BCUT2D eigenvalue weighted by atomic mass is 19.1. The Morgan fingerprint density at radius 3 is 2.79 bits per heavy atom. The lowest BCUT2D eigenvalue weighted by molar-refractivity contribution is 0.315. The van der Waals surface area contributed by atoms with Crippen LogP contribution in [0.15, 0.2) is 18.2 Å². The van der Waals surface area contributed by atoms with E-state index < -0.39 is 0 Å². The molecule has 14 heavy (non-hydrogen) atoms. The van der Waals surface area contributed by atoms with E-state index in [9.17, 15) is 4.39 Å². The van der Waals surface area contributed by atoms with Crippen LogP contribution in [0.25, 0.3) is 0 Å².